The molecule has 0 aliphatic carbocycles. The van der Waals surface area contributed by atoms with Crippen molar-refractivity contribution in [2.75, 3.05) is 7.11 Å². The number of ether oxygens (including phenoxy) is 2. The van der Waals surface area contributed by atoms with Crippen molar-refractivity contribution in [3.05, 3.63) is 59.1 Å². The van der Waals surface area contributed by atoms with Gasteiger partial charge in [-0.1, -0.05) is 43.6 Å². The van der Waals surface area contributed by atoms with Crippen LogP contribution in [0, 0.1) is 5.92 Å². The fourth-order valence-electron chi connectivity index (χ4n) is 2.67. The zero-order chi connectivity index (χ0) is 19.1. The van der Waals surface area contributed by atoms with Crippen LogP contribution in [0.25, 0.3) is 0 Å². The first kappa shape index (κ1) is 20.1. The second-order valence-corrected chi connectivity index (χ2v) is 7.12. The van der Waals surface area contributed by atoms with Gasteiger partial charge in [0.15, 0.2) is 6.10 Å². The maximum absolute atomic E-state index is 12.6. The van der Waals surface area contributed by atoms with E-state index in [1.807, 2.05) is 24.3 Å². The fourth-order valence-corrected chi connectivity index (χ4v) is 2.85. The van der Waals surface area contributed by atoms with E-state index in [1.54, 1.807) is 38.3 Å². The molecular formula is C21H26ClNO3. The van der Waals surface area contributed by atoms with Gasteiger partial charge in [0.05, 0.1) is 13.2 Å². The lowest BCUT2D eigenvalue weighted by Crippen LogP contribution is -2.39. The molecule has 1 N–H and O–H groups in total. The van der Waals surface area contributed by atoms with Gasteiger partial charge in [-0.15, -0.1) is 0 Å². The van der Waals surface area contributed by atoms with Crippen molar-refractivity contribution in [2.24, 2.45) is 5.92 Å². The SMILES string of the molecule is COc1ccc(C(CC(C)C)NC(=O)C(C)Oc2cccc(Cl)c2)cc1. The zero-order valence-corrected chi connectivity index (χ0v) is 16.4. The Hall–Kier alpha value is -2.20. The lowest BCUT2D eigenvalue weighted by molar-refractivity contribution is -0.128. The van der Waals surface area contributed by atoms with Gasteiger partial charge in [0.2, 0.25) is 0 Å². The van der Waals surface area contributed by atoms with Gasteiger partial charge in [0.25, 0.3) is 5.91 Å². The lowest BCUT2D eigenvalue weighted by Gasteiger charge is -2.24. The van der Waals surface area contributed by atoms with E-state index in [1.165, 1.54) is 0 Å². The van der Waals surface area contributed by atoms with Crippen LogP contribution in [-0.4, -0.2) is 19.1 Å². The summed E-state index contributed by atoms with van der Waals surface area (Å²) in [5.41, 5.74) is 1.04. The van der Waals surface area contributed by atoms with Gasteiger partial charge in [-0.2, -0.15) is 0 Å². The predicted octanol–water partition coefficient (Wildman–Crippen LogP) is 5.02. The first-order valence-electron chi connectivity index (χ1n) is 8.75. The topological polar surface area (TPSA) is 47.6 Å². The zero-order valence-electron chi connectivity index (χ0n) is 15.7. The molecule has 26 heavy (non-hydrogen) atoms. The predicted molar refractivity (Wildman–Crippen MR) is 105 cm³/mol. The molecule has 2 rings (SSSR count). The number of carbonyl (C=O) groups is 1. The Morgan fingerprint density at radius 2 is 1.77 bits per heavy atom. The number of hydrogen-bond donors (Lipinski definition) is 1. The smallest absolute Gasteiger partial charge is 0.261 e. The third-order valence-corrected chi connectivity index (χ3v) is 4.26. The molecule has 140 valence electrons. The van der Waals surface area contributed by atoms with E-state index in [0.717, 1.165) is 17.7 Å². The molecule has 0 fully saturated rings. The van der Waals surface area contributed by atoms with Crippen molar-refractivity contribution < 1.29 is 14.3 Å². The molecule has 0 saturated heterocycles. The van der Waals surface area contributed by atoms with Gasteiger partial charge in [-0.25, -0.2) is 0 Å². The van der Waals surface area contributed by atoms with Crippen molar-refractivity contribution in [1.82, 2.24) is 5.32 Å². The molecule has 2 atom stereocenters. The molecule has 0 bridgehead atoms. The molecule has 0 radical (unpaired) electrons. The molecule has 0 aromatic heterocycles. The van der Waals surface area contributed by atoms with E-state index >= 15 is 0 Å². The van der Waals surface area contributed by atoms with Crippen molar-refractivity contribution in [2.45, 2.75) is 39.3 Å². The van der Waals surface area contributed by atoms with Crippen LogP contribution in [0.4, 0.5) is 0 Å². The summed E-state index contributed by atoms with van der Waals surface area (Å²) in [4.78, 5) is 12.6. The van der Waals surface area contributed by atoms with Crippen molar-refractivity contribution >= 4 is 17.5 Å². The van der Waals surface area contributed by atoms with Crippen LogP contribution in [0.3, 0.4) is 0 Å². The van der Waals surface area contributed by atoms with Crippen LogP contribution in [0.2, 0.25) is 5.02 Å². The summed E-state index contributed by atoms with van der Waals surface area (Å²) in [6.45, 7) is 6.00. The monoisotopic (exact) mass is 375 g/mol. The van der Waals surface area contributed by atoms with Gasteiger partial charge >= 0.3 is 0 Å². The normalized spacial score (nSPS) is 13.2. The minimum atomic E-state index is -0.624. The minimum Gasteiger partial charge on any atom is -0.497 e. The van der Waals surface area contributed by atoms with Gasteiger partial charge in [-0.3, -0.25) is 4.79 Å². The summed E-state index contributed by atoms with van der Waals surface area (Å²) in [7, 11) is 1.64. The van der Waals surface area contributed by atoms with Crippen molar-refractivity contribution in [3.8, 4) is 11.5 Å². The molecule has 4 nitrogen and oxygen atoms in total. The molecule has 0 aliphatic heterocycles. The molecule has 0 heterocycles. The fraction of sp³-hybridized carbons (Fsp3) is 0.381. The Bertz CT molecular complexity index is 715. The van der Waals surface area contributed by atoms with Crippen molar-refractivity contribution in [1.29, 1.82) is 0 Å². The van der Waals surface area contributed by atoms with Crippen molar-refractivity contribution in [3.63, 3.8) is 0 Å². The molecule has 0 spiro atoms. The summed E-state index contributed by atoms with van der Waals surface area (Å²) in [5, 5.41) is 3.67. The third kappa shape index (κ3) is 5.95. The Labute approximate surface area is 160 Å². The van der Waals surface area contributed by atoms with Crippen LogP contribution in [0.15, 0.2) is 48.5 Å². The minimum absolute atomic E-state index is 0.0844. The van der Waals surface area contributed by atoms with Crippen LogP contribution < -0.4 is 14.8 Å². The standard InChI is InChI=1S/C21H26ClNO3/c1-14(2)12-20(16-8-10-18(25-4)11-9-16)23-21(24)15(3)26-19-7-5-6-17(22)13-19/h5-11,13-15,20H,12H2,1-4H3,(H,23,24). The molecule has 5 heteroatoms. The van der Waals surface area contributed by atoms with E-state index in [4.69, 9.17) is 21.1 Å². The van der Waals surface area contributed by atoms with Crippen LogP contribution >= 0.6 is 11.6 Å². The maximum Gasteiger partial charge on any atom is 0.261 e. The molecule has 1 amide bonds. The van der Waals surface area contributed by atoms with Gasteiger partial charge < -0.3 is 14.8 Å². The summed E-state index contributed by atoms with van der Waals surface area (Å²) in [5.74, 6) is 1.64. The molecule has 2 aromatic carbocycles. The summed E-state index contributed by atoms with van der Waals surface area (Å²) < 4.78 is 10.9. The lowest BCUT2D eigenvalue weighted by atomic mass is 9.96. The molecule has 0 saturated carbocycles. The van der Waals surface area contributed by atoms with E-state index in [-0.39, 0.29) is 11.9 Å². The highest BCUT2D eigenvalue weighted by Crippen LogP contribution is 2.24. The quantitative estimate of drug-likeness (QED) is 0.704. The second-order valence-electron chi connectivity index (χ2n) is 6.68. The number of nitrogens with one attached hydrogen (secondary N) is 1. The highest BCUT2D eigenvalue weighted by Gasteiger charge is 2.21. The largest absolute Gasteiger partial charge is 0.497 e. The van der Waals surface area contributed by atoms with Gasteiger partial charge in [0, 0.05) is 5.02 Å². The number of halogens is 1. The summed E-state index contributed by atoms with van der Waals surface area (Å²) in [6, 6.07) is 14.7. The highest BCUT2D eigenvalue weighted by molar-refractivity contribution is 6.30. The van der Waals surface area contributed by atoms with E-state index in [9.17, 15) is 4.79 Å². The van der Waals surface area contributed by atoms with Gasteiger partial charge in [-0.05, 0) is 55.2 Å². The van der Waals surface area contributed by atoms with E-state index in [0.29, 0.717) is 16.7 Å². The van der Waals surface area contributed by atoms with Crippen LogP contribution in [0.1, 0.15) is 38.8 Å². The van der Waals surface area contributed by atoms with E-state index in [2.05, 4.69) is 19.2 Å². The number of methoxy groups -OCH3 is 1. The molecule has 0 aliphatic rings. The number of amides is 1. The Balaban J connectivity index is 2.07. The van der Waals surface area contributed by atoms with E-state index < -0.39 is 6.10 Å². The molecule has 2 aromatic rings. The number of benzene rings is 2. The number of hydrogen-bond acceptors (Lipinski definition) is 3. The summed E-state index contributed by atoms with van der Waals surface area (Å²) in [6.07, 6.45) is 0.212. The number of carbonyl (C=O) groups excluding carboxylic acids is 1. The second kappa shape index (κ2) is 9.48. The van der Waals surface area contributed by atoms with Crippen LogP contribution in [0.5, 0.6) is 11.5 Å². The average Bonchev–Trinajstić information content (AvgIpc) is 2.60. The summed E-state index contributed by atoms with van der Waals surface area (Å²) >= 11 is 5.96. The number of rotatable bonds is 8. The molecular weight excluding hydrogens is 350 g/mol. The first-order chi connectivity index (χ1) is 12.4. The maximum atomic E-state index is 12.6. The third-order valence-electron chi connectivity index (χ3n) is 4.02. The Morgan fingerprint density at radius 3 is 2.35 bits per heavy atom. The Morgan fingerprint density at radius 1 is 1.08 bits per heavy atom. The van der Waals surface area contributed by atoms with Gasteiger partial charge in [0.1, 0.15) is 11.5 Å². The first-order valence-corrected chi connectivity index (χ1v) is 9.13. The average molecular weight is 376 g/mol. The van der Waals surface area contributed by atoms with Crippen LogP contribution in [-0.2, 0) is 4.79 Å². The Kier molecular flexibility index (Phi) is 7.34. The molecule has 2 unspecified atom stereocenters. The highest BCUT2D eigenvalue weighted by atomic mass is 35.5.